The van der Waals surface area contributed by atoms with Crippen LogP contribution in [0.1, 0.15) is 45.2 Å². The molecule has 1 aromatic carbocycles. The lowest BCUT2D eigenvalue weighted by Crippen LogP contribution is -2.32. The van der Waals surface area contributed by atoms with Crippen LogP contribution in [-0.4, -0.2) is 39.4 Å². The predicted octanol–water partition coefficient (Wildman–Crippen LogP) is 5.57. The molecule has 5 rings (SSSR count). The summed E-state index contributed by atoms with van der Waals surface area (Å²) in [6.07, 6.45) is 8.70. The van der Waals surface area contributed by atoms with Crippen LogP contribution in [-0.2, 0) is 11.2 Å². The maximum Gasteiger partial charge on any atom is 0.231 e. The molecule has 0 fully saturated rings. The van der Waals surface area contributed by atoms with E-state index in [2.05, 4.69) is 27.5 Å². The van der Waals surface area contributed by atoms with Crippen molar-refractivity contribution in [3.05, 3.63) is 48.4 Å². The first-order valence-corrected chi connectivity index (χ1v) is 12.5. The fraction of sp³-hybridized carbons (Fsp3) is 0.370. The number of hydrogen-bond donors (Lipinski definition) is 2. The highest BCUT2D eigenvalue weighted by Gasteiger charge is 2.29. The molecule has 9 heteroatoms. The third-order valence-corrected chi connectivity index (χ3v) is 6.46. The van der Waals surface area contributed by atoms with Gasteiger partial charge in [0.05, 0.1) is 11.6 Å². The standard InChI is InChI=1S/C27H31N7O2/c1-4-5-6-7-8-20-23-24(29-16-17(2)26(35)34(23)3)33-27(32-20)30-19-9-10-22-21(15-19)31-25(36-22)18-11-13-28-14-12-18/h9-15,17H,4-8,16H2,1-3H3,(H2,29,30,32,33). The molecule has 0 saturated carbocycles. The number of aromatic nitrogens is 4. The smallest absolute Gasteiger partial charge is 0.231 e. The van der Waals surface area contributed by atoms with Gasteiger partial charge in [-0.3, -0.25) is 9.78 Å². The van der Waals surface area contributed by atoms with Gasteiger partial charge in [0.15, 0.2) is 11.4 Å². The van der Waals surface area contributed by atoms with Crippen LogP contribution >= 0.6 is 0 Å². The first-order chi connectivity index (χ1) is 17.5. The zero-order valence-corrected chi connectivity index (χ0v) is 20.9. The van der Waals surface area contributed by atoms with Crippen molar-refractivity contribution < 1.29 is 9.21 Å². The molecular weight excluding hydrogens is 454 g/mol. The number of oxazole rings is 1. The van der Waals surface area contributed by atoms with Gasteiger partial charge in [-0.1, -0.05) is 33.1 Å². The molecule has 1 unspecified atom stereocenters. The van der Waals surface area contributed by atoms with Gasteiger partial charge in [-0.05, 0) is 43.2 Å². The summed E-state index contributed by atoms with van der Waals surface area (Å²) in [4.78, 5) is 32.8. The van der Waals surface area contributed by atoms with E-state index in [9.17, 15) is 4.79 Å². The third-order valence-electron chi connectivity index (χ3n) is 6.46. The van der Waals surface area contributed by atoms with Crippen LogP contribution in [0.2, 0.25) is 0 Å². The summed E-state index contributed by atoms with van der Waals surface area (Å²) in [5.74, 6) is 1.64. The Kier molecular flexibility index (Phi) is 6.79. The van der Waals surface area contributed by atoms with E-state index in [4.69, 9.17) is 14.4 Å². The molecule has 0 aliphatic carbocycles. The van der Waals surface area contributed by atoms with Crippen molar-refractivity contribution in [3.8, 4) is 11.5 Å². The van der Waals surface area contributed by atoms with E-state index in [1.54, 1.807) is 17.3 Å². The number of fused-ring (bicyclic) bond motifs is 2. The van der Waals surface area contributed by atoms with Gasteiger partial charge in [-0.2, -0.15) is 4.98 Å². The van der Waals surface area contributed by atoms with Crippen molar-refractivity contribution in [3.63, 3.8) is 0 Å². The van der Waals surface area contributed by atoms with Gasteiger partial charge in [0, 0.05) is 37.2 Å². The van der Waals surface area contributed by atoms with Crippen molar-refractivity contribution >= 4 is 40.1 Å². The average Bonchev–Trinajstić information content (AvgIpc) is 3.28. The molecule has 186 valence electrons. The number of unbranched alkanes of at least 4 members (excludes halogenated alkanes) is 3. The fourth-order valence-corrected chi connectivity index (χ4v) is 4.46. The lowest BCUT2D eigenvalue weighted by molar-refractivity contribution is -0.121. The Balaban J connectivity index is 1.46. The number of carbonyl (C=O) groups is 1. The van der Waals surface area contributed by atoms with Crippen LogP contribution in [0.4, 0.5) is 23.1 Å². The lowest BCUT2D eigenvalue weighted by Gasteiger charge is -2.21. The van der Waals surface area contributed by atoms with E-state index in [0.29, 0.717) is 29.8 Å². The highest BCUT2D eigenvalue weighted by atomic mass is 16.3. The van der Waals surface area contributed by atoms with E-state index in [1.807, 2.05) is 44.3 Å². The Morgan fingerprint density at radius 1 is 1.11 bits per heavy atom. The van der Waals surface area contributed by atoms with Crippen LogP contribution in [0.25, 0.3) is 22.6 Å². The van der Waals surface area contributed by atoms with Crippen LogP contribution in [0.5, 0.6) is 0 Å². The van der Waals surface area contributed by atoms with Crippen molar-refractivity contribution in [1.82, 2.24) is 19.9 Å². The highest BCUT2D eigenvalue weighted by Crippen LogP contribution is 2.34. The van der Waals surface area contributed by atoms with Gasteiger partial charge in [0.1, 0.15) is 11.2 Å². The average molecular weight is 486 g/mol. The van der Waals surface area contributed by atoms with E-state index >= 15 is 0 Å². The van der Waals surface area contributed by atoms with Crippen LogP contribution in [0, 0.1) is 5.92 Å². The van der Waals surface area contributed by atoms with Crippen LogP contribution < -0.4 is 15.5 Å². The summed E-state index contributed by atoms with van der Waals surface area (Å²) in [6, 6.07) is 9.46. The number of aryl methyl sites for hydroxylation is 1. The van der Waals surface area contributed by atoms with Crippen molar-refractivity contribution in [2.24, 2.45) is 5.92 Å². The Bertz CT molecular complexity index is 1370. The van der Waals surface area contributed by atoms with Gasteiger partial charge < -0.3 is 20.0 Å². The van der Waals surface area contributed by atoms with Crippen molar-refractivity contribution in [2.75, 3.05) is 29.1 Å². The minimum absolute atomic E-state index is 0.0712. The zero-order chi connectivity index (χ0) is 25.1. The molecule has 1 amide bonds. The number of amides is 1. The molecule has 3 aromatic heterocycles. The minimum Gasteiger partial charge on any atom is -0.436 e. The maximum atomic E-state index is 12.8. The van der Waals surface area contributed by atoms with Gasteiger partial charge in [0.2, 0.25) is 17.7 Å². The molecule has 1 aliphatic rings. The monoisotopic (exact) mass is 485 g/mol. The maximum absolute atomic E-state index is 12.8. The summed E-state index contributed by atoms with van der Waals surface area (Å²) in [5, 5.41) is 6.71. The minimum atomic E-state index is -0.141. The first-order valence-electron chi connectivity index (χ1n) is 12.5. The number of carbonyl (C=O) groups excluding carboxylic acids is 1. The predicted molar refractivity (Wildman–Crippen MR) is 141 cm³/mol. The summed E-state index contributed by atoms with van der Waals surface area (Å²) in [5.41, 5.74) is 4.76. The molecule has 4 aromatic rings. The molecule has 0 radical (unpaired) electrons. The molecule has 1 atom stereocenters. The summed E-state index contributed by atoms with van der Waals surface area (Å²) >= 11 is 0. The molecule has 0 bridgehead atoms. The lowest BCUT2D eigenvalue weighted by atomic mass is 10.1. The quantitative estimate of drug-likeness (QED) is 0.312. The number of hydrogen-bond acceptors (Lipinski definition) is 8. The molecular formula is C27H31N7O2. The zero-order valence-electron chi connectivity index (χ0n) is 20.9. The molecule has 0 saturated heterocycles. The molecule has 9 nitrogen and oxygen atoms in total. The Hall–Kier alpha value is -4.01. The number of anilines is 4. The number of pyridine rings is 1. The Morgan fingerprint density at radius 2 is 1.94 bits per heavy atom. The Labute approximate surface area is 210 Å². The second-order valence-electron chi connectivity index (χ2n) is 9.24. The fourth-order valence-electron chi connectivity index (χ4n) is 4.46. The number of benzene rings is 1. The van der Waals surface area contributed by atoms with Gasteiger partial charge >= 0.3 is 0 Å². The number of rotatable bonds is 8. The van der Waals surface area contributed by atoms with Crippen molar-refractivity contribution in [1.29, 1.82) is 0 Å². The molecule has 36 heavy (non-hydrogen) atoms. The molecule has 2 N–H and O–H groups in total. The molecule has 0 spiro atoms. The first kappa shape index (κ1) is 23.7. The molecule has 1 aliphatic heterocycles. The van der Waals surface area contributed by atoms with E-state index in [-0.39, 0.29) is 11.8 Å². The number of nitrogens with one attached hydrogen (secondary N) is 2. The summed E-state index contributed by atoms with van der Waals surface area (Å²) < 4.78 is 5.92. The highest BCUT2D eigenvalue weighted by molar-refractivity contribution is 5.99. The van der Waals surface area contributed by atoms with Gasteiger partial charge in [-0.15, -0.1) is 0 Å². The molecule has 4 heterocycles. The van der Waals surface area contributed by atoms with Gasteiger partial charge in [0.25, 0.3) is 0 Å². The van der Waals surface area contributed by atoms with Gasteiger partial charge in [-0.25, -0.2) is 9.97 Å². The SMILES string of the molecule is CCCCCCc1nc(Nc2ccc3oc(-c4ccncc4)nc3c2)nc2c1N(C)C(=O)C(C)CN2. The normalized spacial score (nSPS) is 15.5. The van der Waals surface area contributed by atoms with Crippen LogP contribution in [0.3, 0.4) is 0 Å². The Morgan fingerprint density at radius 3 is 2.75 bits per heavy atom. The van der Waals surface area contributed by atoms with Crippen molar-refractivity contribution in [2.45, 2.75) is 46.0 Å². The largest absolute Gasteiger partial charge is 0.436 e. The second-order valence-corrected chi connectivity index (χ2v) is 9.24. The third kappa shape index (κ3) is 4.86. The summed E-state index contributed by atoms with van der Waals surface area (Å²) in [7, 11) is 1.82. The van der Waals surface area contributed by atoms with E-state index in [0.717, 1.165) is 47.4 Å². The summed E-state index contributed by atoms with van der Waals surface area (Å²) in [6.45, 7) is 4.66. The van der Waals surface area contributed by atoms with Crippen LogP contribution in [0.15, 0.2) is 47.1 Å². The second kappa shape index (κ2) is 10.3. The van der Waals surface area contributed by atoms with E-state index in [1.165, 1.54) is 12.8 Å². The topological polar surface area (TPSA) is 109 Å². The van der Waals surface area contributed by atoms with E-state index < -0.39 is 0 Å². The number of nitrogens with zero attached hydrogens (tertiary/aromatic N) is 5.